The Balaban J connectivity index is 4.18. The molecule has 0 heterocycles. The topological polar surface area (TPSA) is 153 Å². The zero-order valence-electron chi connectivity index (χ0n) is 7.97. The quantitative estimate of drug-likeness (QED) is 0.313. The molecule has 0 spiro atoms. The summed E-state index contributed by atoms with van der Waals surface area (Å²) in [5.41, 5.74) is 0. The maximum absolute atomic E-state index is 10.9. The van der Waals surface area contributed by atoms with Crippen LogP contribution in [0.25, 0.3) is 0 Å². The molecule has 9 nitrogen and oxygen atoms in total. The summed E-state index contributed by atoms with van der Waals surface area (Å²) in [5, 5.41) is 28.5. The number of hydrogen-bond donors (Lipinski definition) is 5. The fourth-order valence-electron chi connectivity index (χ4n) is 0.645. The molecule has 0 aromatic carbocycles. The SMILES string of the molecule is O=C(O)CNC(=O)C(=O)N[C@H](CO)C(=O)O. The average molecular weight is 234 g/mol. The summed E-state index contributed by atoms with van der Waals surface area (Å²) in [6.07, 6.45) is 0. The lowest BCUT2D eigenvalue weighted by atomic mass is 10.3. The van der Waals surface area contributed by atoms with Crippen LogP contribution in [0.15, 0.2) is 0 Å². The van der Waals surface area contributed by atoms with E-state index in [9.17, 15) is 19.2 Å². The number of carbonyl (C=O) groups excluding carboxylic acids is 2. The van der Waals surface area contributed by atoms with Gasteiger partial charge in [-0.1, -0.05) is 0 Å². The summed E-state index contributed by atoms with van der Waals surface area (Å²) in [5.74, 6) is -5.48. The molecule has 0 unspecified atom stereocenters. The third-order valence-electron chi connectivity index (χ3n) is 1.39. The number of aliphatic carboxylic acids is 2. The van der Waals surface area contributed by atoms with Crippen LogP contribution in [0.2, 0.25) is 0 Å². The Kier molecular flexibility index (Phi) is 5.49. The van der Waals surface area contributed by atoms with Crippen molar-refractivity contribution in [2.75, 3.05) is 13.2 Å². The summed E-state index contributed by atoms with van der Waals surface area (Å²) in [6.45, 7) is -1.64. The molecule has 0 bridgehead atoms. The van der Waals surface area contributed by atoms with Gasteiger partial charge in [0.15, 0.2) is 6.04 Å². The largest absolute Gasteiger partial charge is 0.480 e. The monoisotopic (exact) mass is 234 g/mol. The maximum Gasteiger partial charge on any atom is 0.328 e. The number of carboxylic acids is 2. The van der Waals surface area contributed by atoms with Crippen LogP contribution in [0.3, 0.4) is 0 Å². The predicted octanol–water partition coefficient (Wildman–Crippen LogP) is -3.25. The molecule has 1 atom stereocenters. The summed E-state index contributed by atoms with van der Waals surface area (Å²) < 4.78 is 0. The molecule has 0 rings (SSSR count). The molecule has 0 aliphatic rings. The van der Waals surface area contributed by atoms with Crippen molar-refractivity contribution < 1.29 is 34.5 Å². The van der Waals surface area contributed by atoms with Crippen molar-refractivity contribution in [3.8, 4) is 0 Å². The lowest BCUT2D eigenvalue weighted by Gasteiger charge is -2.10. The van der Waals surface area contributed by atoms with Crippen LogP contribution >= 0.6 is 0 Å². The minimum absolute atomic E-state index is 0.761. The van der Waals surface area contributed by atoms with Crippen molar-refractivity contribution in [3.63, 3.8) is 0 Å². The molecule has 5 N–H and O–H groups in total. The minimum Gasteiger partial charge on any atom is -0.480 e. The van der Waals surface area contributed by atoms with Gasteiger partial charge in [0.25, 0.3) is 0 Å². The molecule has 0 saturated heterocycles. The van der Waals surface area contributed by atoms with E-state index in [4.69, 9.17) is 15.3 Å². The van der Waals surface area contributed by atoms with Crippen LogP contribution in [-0.2, 0) is 19.2 Å². The molecular weight excluding hydrogens is 224 g/mol. The molecule has 0 aliphatic carbocycles. The van der Waals surface area contributed by atoms with Gasteiger partial charge in [-0.25, -0.2) is 4.79 Å². The second-order valence-corrected chi connectivity index (χ2v) is 2.62. The van der Waals surface area contributed by atoms with Gasteiger partial charge in [0.2, 0.25) is 0 Å². The molecule has 0 radical (unpaired) electrons. The highest BCUT2D eigenvalue weighted by atomic mass is 16.4. The van der Waals surface area contributed by atoms with Gasteiger partial charge >= 0.3 is 23.8 Å². The van der Waals surface area contributed by atoms with Crippen LogP contribution in [0, 0.1) is 0 Å². The fraction of sp³-hybridized carbons (Fsp3) is 0.429. The van der Waals surface area contributed by atoms with Gasteiger partial charge in [-0.2, -0.15) is 0 Å². The Morgan fingerprint density at radius 3 is 2.00 bits per heavy atom. The molecule has 0 aromatic rings. The number of aliphatic hydroxyl groups excluding tert-OH is 1. The normalized spacial score (nSPS) is 11.3. The summed E-state index contributed by atoms with van der Waals surface area (Å²) in [4.78, 5) is 42.2. The van der Waals surface area contributed by atoms with Gasteiger partial charge < -0.3 is 26.0 Å². The standard InChI is InChI=1S/C7H10N2O7/c10-2-3(7(15)16)9-6(14)5(13)8-1-4(11)12/h3,10H,1-2H2,(H,8,13)(H,9,14)(H,11,12)(H,15,16)/t3-/m1/s1. The van der Waals surface area contributed by atoms with Crippen molar-refractivity contribution in [1.82, 2.24) is 10.6 Å². The maximum atomic E-state index is 10.9. The van der Waals surface area contributed by atoms with E-state index < -0.39 is 42.9 Å². The Morgan fingerprint density at radius 2 is 1.62 bits per heavy atom. The first-order valence-corrected chi connectivity index (χ1v) is 4.02. The first-order valence-electron chi connectivity index (χ1n) is 4.02. The van der Waals surface area contributed by atoms with Crippen LogP contribution < -0.4 is 10.6 Å². The van der Waals surface area contributed by atoms with Crippen LogP contribution in [-0.4, -0.2) is 58.3 Å². The van der Waals surface area contributed by atoms with Gasteiger partial charge in [0.1, 0.15) is 6.54 Å². The number of carboxylic acid groups (broad SMARTS) is 2. The van der Waals surface area contributed by atoms with Crippen molar-refractivity contribution >= 4 is 23.8 Å². The molecule has 0 aromatic heterocycles. The third-order valence-corrected chi connectivity index (χ3v) is 1.39. The molecular formula is C7H10N2O7. The highest BCUT2D eigenvalue weighted by Crippen LogP contribution is 1.82. The van der Waals surface area contributed by atoms with E-state index >= 15 is 0 Å². The number of nitrogens with one attached hydrogen (secondary N) is 2. The van der Waals surface area contributed by atoms with E-state index in [2.05, 4.69) is 0 Å². The van der Waals surface area contributed by atoms with Gasteiger partial charge in [0.05, 0.1) is 6.61 Å². The predicted molar refractivity (Wildman–Crippen MR) is 47.3 cm³/mol. The van der Waals surface area contributed by atoms with Crippen molar-refractivity contribution in [2.45, 2.75) is 6.04 Å². The molecule has 2 amide bonds. The highest BCUT2D eigenvalue weighted by molar-refractivity contribution is 6.35. The van der Waals surface area contributed by atoms with Gasteiger partial charge in [-0.05, 0) is 0 Å². The molecule has 16 heavy (non-hydrogen) atoms. The summed E-state index contributed by atoms with van der Waals surface area (Å²) in [7, 11) is 0. The first-order chi connectivity index (χ1) is 7.38. The summed E-state index contributed by atoms with van der Waals surface area (Å²) in [6, 6.07) is -1.61. The van der Waals surface area contributed by atoms with E-state index in [0.29, 0.717) is 0 Å². The summed E-state index contributed by atoms with van der Waals surface area (Å²) >= 11 is 0. The van der Waals surface area contributed by atoms with Crippen molar-refractivity contribution in [1.29, 1.82) is 0 Å². The number of aliphatic hydroxyl groups is 1. The molecule has 0 saturated carbocycles. The van der Waals surface area contributed by atoms with E-state index in [-0.39, 0.29) is 0 Å². The van der Waals surface area contributed by atoms with Gasteiger partial charge in [-0.3, -0.25) is 14.4 Å². The number of hydrogen-bond acceptors (Lipinski definition) is 5. The fourth-order valence-corrected chi connectivity index (χ4v) is 0.645. The Labute approximate surface area is 89.1 Å². The first kappa shape index (κ1) is 13.8. The Morgan fingerprint density at radius 1 is 1.06 bits per heavy atom. The highest BCUT2D eigenvalue weighted by Gasteiger charge is 2.22. The Bertz CT molecular complexity index is 314. The lowest BCUT2D eigenvalue weighted by molar-refractivity contribution is -0.146. The van der Waals surface area contributed by atoms with Crippen molar-refractivity contribution in [2.24, 2.45) is 0 Å². The van der Waals surface area contributed by atoms with E-state index in [0.717, 1.165) is 0 Å². The van der Waals surface area contributed by atoms with Gasteiger partial charge in [0, 0.05) is 0 Å². The molecule has 0 fully saturated rings. The average Bonchev–Trinajstić information content (AvgIpc) is 2.21. The number of rotatable bonds is 5. The molecule has 9 heteroatoms. The minimum atomic E-state index is -1.61. The third kappa shape index (κ3) is 4.91. The second-order valence-electron chi connectivity index (χ2n) is 2.62. The van der Waals surface area contributed by atoms with Crippen LogP contribution in [0.4, 0.5) is 0 Å². The van der Waals surface area contributed by atoms with E-state index in [1.165, 1.54) is 0 Å². The molecule has 90 valence electrons. The molecule has 0 aliphatic heterocycles. The number of carbonyl (C=O) groups is 4. The van der Waals surface area contributed by atoms with Gasteiger partial charge in [-0.15, -0.1) is 0 Å². The van der Waals surface area contributed by atoms with E-state index in [1.54, 1.807) is 10.6 Å². The van der Waals surface area contributed by atoms with Crippen molar-refractivity contribution in [3.05, 3.63) is 0 Å². The zero-order valence-corrected chi connectivity index (χ0v) is 7.97. The smallest absolute Gasteiger partial charge is 0.328 e. The van der Waals surface area contributed by atoms with Crippen LogP contribution in [0.5, 0.6) is 0 Å². The Hall–Kier alpha value is -2.16. The lowest BCUT2D eigenvalue weighted by Crippen LogP contribution is -2.49. The number of amides is 2. The zero-order chi connectivity index (χ0) is 12.7. The second kappa shape index (κ2) is 6.35. The van der Waals surface area contributed by atoms with Crippen LogP contribution in [0.1, 0.15) is 0 Å². The van der Waals surface area contributed by atoms with E-state index in [1.807, 2.05) is 0 Å².